The van der Waals surface area contributed by atoms with Crippen LogP contribution in [0.25, 0.3) is 17.0 Å². The first-order valence-electron chi connectivity index (χ1n) is 8.63. The van der Waals surface area contributed by atoms with E-state index in [0.717, 1.165) is 16.5 Å². The van der Waals surface area contributed by atoms with Crippen molar-refractivity contribution in [1.82, 2.24) is 14.5 Å². The van der Waals surface area contributed by atoms with Crippen LogP contribution in [-0.4, -0.2) is 32.1 Å². The molecule has 7 heteroatoms. The van der Waals surface area contributed by atoms with E-state index in [1.165, 1.54) is 18.0 Å². The smallest absolute Gasteiger partial charge is 0.267 e. The zero-order valence-electron chi connectivity index (χ0n) is 15.2. The minimum absolute atomic E-state index is 0.0956. The lowest BCUT2D eigenvalue weighted by Crippen LogP contribution is -2.29. The van der Waals surface area contributed by atoms with Gasteiger partial charge < -0.3 is 4.57 Å². The third-order valence-electron chi connectivity index (χ3n) is 4.38. The summed E-state index contributed by atoms with van der Waals surface area (Å²) in [6.45, 7) is 4.13. The Labute approximate surface area is 172 Å². The first-order valence-corrected chi connectivity index (χ1v) is 9.82. The van der Waals surface area contributed by atoms with Gasteiger partial charge in [-0.1, -0.05) is 35.9 Å². The lowest BCUT2D eigenvalue weighted by molar-refractivity contribution is -0.121. The number of aryl methyl sites for hydroxylation is 1. The largest absolute Gasteiger partial charge is 0.350 e. The number of nitrogens with zero attached hydrogens (tertiary/aromatic N) is 4. The molecule has 1 aromatic carbocycles. The number of amides is 1. The molecule has 3 heterocycles. The minimum Gasteiger partial charge on any atom is -0.350 e. The van der Waals surface area contributed by atoms with Crippen LogP contribution in [0.1, 0.15) is 5.56 Å². The fourth-order valence-electron chi connectivity index (χ4n) is 3.07. The molecule has 28 heavy (non-hydrogen) atoms. The second kappa shape index (κ2) is 7.66. The highest BCUT2D eigenvalue weighted by atomic mass is 35.5. The summed E-state index contributed by atoms with van der Waals surface area (Å²) in [5, 5.41) is 2.11. The SMILES string of the molecule is C=CCN1C(=O)/C(=C/c2cn(C)c3ccccc23)SC1=Nc1ccncc1Cl. The third-order valence-corrected chi connectivity index (χ3v) is 5.68. The van der Waals surface area contributed by atoms with Crippen LogP contribution in [0.4, 0.5) is 5.69 Å². The maximum atomic E-state index is 13.0. The van der Waals surface area contributed by atoms with Crippen molar-refractivity contribution in [2.45, 2.75) is 0 Å². The van der Waals surface area contributed by atoms with Gasteiger partial charge in [0.25, 0.3) is 5.91 Å². The highest BCUT2D eigenvalue weighted by molar-refractivity contribution is 8.18. The normalized spacial score (nSPS) is 17.2. The number of amidine groups is 1. The van der Waals surface area contributed by atoms with Crippen LogP contribution in [0.2, 0.25) is 5.02 Å². The number of carbonyl (C=O) groups excluding carboxylic acids is 1. The number of para-hydroxylation sites is 1. The topological polar surface area (TPSA) is 50.5 Å². The molecule has 0 aliphatic carbocycles. The van der Waals surface area contributed by atoms with E-state index in [9.17, 15) is 4.79 Å². The number of thioether (sulfide) groups is 1. The van der Waals surface area contributed by atoms with Crippen LogP contribution in [-0.2, 0) is 11.8 Å². The fraction of sp³-hybridized carbons (Fsp3) is 0.0952. The van der Waals surface area contributed by atoms with Crippen LogP contribution >= 0.6 is 23.4 Å². The molecule has 1 saturated heterocycles. The van der Waals surface area contributed by atoms with Gasteiger partial charge in [0.15, 0.2) is 5.17 Å². The predicted octanol–water partition coefficient (Wildman–Crippen LogP) is 5.02. The Morgan fingerprint density at radius 2 is 2.14 bits per heavy atom. The third kappa shape index (κ3) is 3.37. The number of aromatic nitrogens is 2. The number of hydrogen-bond donors (Lipinski definition) is 0. The average Bonchev–Trinajstić information content (AvgIpc) is 3.16. The van der Waals surface area contributed by atoms with Gasteiger partial charge >= 0.3 is 0 Å². The molecule has 0 saturated carbocycles. The molecule has 4 rings (SSSR count). The Balaban J connectivity index is 1.76. The maximum absolute atomic E-state index is 13.0. The van der Waals surface area contributed by atoms with E-state index in [1.54, 1.807) is 23.2 Å². The quantitative estimate of drug-likeness (QED) is 0.450. The molecule has 0 bridgehead atoms. The van der Waals surface area contributed by atoms with Gasteiger partial charge in [0, 0.05) is 48.6 Å². The molecule has 0 unspecified atom stereocenters. The van der Waals surface area contributed by atoms with E-state index in [4.69, 9.17) is 11.6 Å². The molecule has 140 valence electrons. The second-order valence-electron chi connectivity index (χ2n) is 6.25. The highest BCUT2D eigenvalue weighted by Crippen LogP contribution is 2.36. The van der Waals surface area contributed by atoms with E-state index in [2.05, 4.69) is 33.3 Å². The van der Waals surface area contributed by atoms with Gasteiger partial charge in [-0.2, -0.15) is 0 Å². The number of halogens is 1. The molecular weight excluding hydrogens is 392 g/mol. The molecule has 3 aromatic rings. The standard InChI is InChI=1S/C21H17ClN4OS/c1-3-10-26-20(27)19(28-21(26)24-17-8-9-23-12-16(17)22)11-14-13-25(2)18-7-5-4-6-15(14)18/h3-9,11-13H,1,10H2,2H3/b19-11-,24-21?. The van der Waals surface area contributed by atoms with Crippen LogP contribution < -0.4 is 0 Å². The Kier molecular flexibility index (Phi) is 5.07. The summed E-state index contributed by atoms with van der Waals surface area (Å²) in [6, 6.07) is 9.83. The van der Waals surface area contributed by atoms with Crippen LogP contribution in [0.15, 0.2) is 71.5 Å². The Bertz CT molecular complexity index is 1150. The van der Waals surface area contributed by atoms with Gasteiger partial charge in [-0.15, -0.1) is 6.58 Å². The summed E-state index contributed by atoms with van der Waals surface area (Å²) in [4.78, 5) is 23.8. The predicted molar refractivity (Wildman–Crippen MR) is 117 cm³/mol. The van der Waals surface area contributed by atoms with E-state index in [0.29, 0.717) is 27.3 Å². The molecular formula is C21H17ClN4OS. The first kappa shape index (κ1) is 18.5. The summed E-state index contributed by atoms with van der Waals surface area (Å²) in [5.74, 6) is -0.0956. The van der Waals surface area contributed by atoms with Gasteiger partial charge in [0.2, 0.25) is 0 Å². The Morgan fingerprint density at radius 3 is 2.93 bits per heavy atom. The zero-order valence-corrected chi connectivity index (χ0v) is 16.7. The summed E-state index contributed by atoms with van der Waals surface area (Å²) in [5.41, 5.74) is 2.69. The molecule has 0 atom stereocenters. The van der Waals surface area contributed by atoms with Gasteiger partial charge in [-0.3, -0.25) is 14.7 Å². The van der Waals surface area contributed by atoms with Crippen molar-refractivity contribution in [3.63, 3.8) is 0 Å². The van der Waals surface area contributed by atoms with Crippen LogP contribution in [0.5, 0.6) is 0 Å². The molecule has 0 N–H and O–H groups in total. The van der Waals surface area contributed by atoms with E-state index in [-0.39, 0.29) is 5.91 Å². The van der Waals surface area contributed by atoms with Crippen LogP contribution in [0.3, 0.4) is 0 Å². The molecule has 5 nitrogen and oxygen atoms in total. The van der Waals surface area contributed by atoms with Gasteiger partial charge in [0.1, 0.15) is 0 Å². The summed E-state index contributed by atoms with van der Waals surface area (Å²) in [6.07, 6.45) is 8.79. The van der Waals surface area contributed by atoms with Crippen molar-refractivity contribution in [3.8, 4) is 0 Å². The van der Waals surface area contributed by atoms with Gasteiger partial charge in [-0.05, 0) is 30.0 Å². The van der Waals surface area contributed by atoms with Crippen molar-refractivity contribution >= 4 is 57.1 Å². The lowest BCUT2D eigenvalue weighted by Gasteiger charge is -2.12. The number of aliphatic imine (C=N–C) groups is 1. The molecule has 2 aromatic heterocycles. The fourth-order valence-corrected chi connectivity index (χ4v) is 4.23. The van der Waals surface area contributed by atoms with E-state index in [1.807, 2.05) is 31.5 Å². The van der Waals surface area contributed by atoms with Gasteiger partial charge in [0.05, 0.1) is 15.6 Å². The zero-order chi connectivity index (χ0) is 19.7. The number of hydrogen-bond acceptors (Lipinski definition) is 4. The van der Waals surface area contributed by atoms with Gasteiger partial charge in [-0.25, -0.2) is 4.99 Å². The number of pyridine rings is 1. The van der Waals surface area contributed by atoms with Crippen molar-refractivity contribution in [2.24, 2.45) is 12.0 Å². The lowest BCUT2D eigenvalue weighted by atomic mass is 10.1. The molecule has 0 spiro atoms. The number of benzene rings is 1. The maximum Gasteiger partial charge on any atom is 0.267 e. The summed E-state index contributed by atoms with van der Waals surface area (Å²) in [7, 11) is 2.00. The number of carbonyl (C=O) groups is 1. The van der Waals surface area contributed by atoms with Crippen LogP contribution in [0, 0.1) is 0 Å². The summed E-state index contributed by atoms with van der Waals surface area (Å²) < 4.78 is 2.05. The van der Waals surface area contributed by atoms with Crippen molar-refractivity contribution < 1.29 is 4.79 Å². The number of rotatable bonds is 4. The first-order chi connectivity index (χ1) is 13.6. The summed E-state index contributed by atoms with van der Waals surface area (Å²) >= 11 is 7.51. The molecule has 1 aliphatic rings. The Hall–Kier alpha value is -2.83. The number of fused-ring (bicyclic) bond motifs is 1. The average molecular weight is 409 g/mol. The molecule has 0 radical (unpaired) electrons. The molecule has 1 aliphatic heterocycles. The Morgan fingerprint density at radius 1 is 1.32 bits per heavy atom. The van der Waals surface area contributed by atoms with E-state index >= 15 is 0 Å². The van der Waals surface area contributed by atoms with E-state index < -0.39 is 0 Å². The monoisotopic (exact) mass is 408 g/mol. The minimum atomic E-state index is -0.0956. The highest BCUT2D eigenvalue weighted by Gasteiger charge is 2.33. The van der Waals surface area contributed by atoms with Crippen molar-refractivity contribution in [3.05, 3.63) is 77.1 Å². The van der Waals surface area contributed by atoms with Crippen molar-refractivity contribution in [2.75, 3.05) is 6.54 Å². The van der Waals surface area contributed by atoms with Crippen molar-refractivity contribution in [1.29, 1.82) is 0 Å². The second-order valence-corrected chi connectivity index (χ2v) is 7.67. The molecule has 1 amide bonds. The molecule has 1 fully saturated rings.